The van der Waals surface area contributed by atoms with E-state index in [0.29, 0.717) is 5.56 Å². The number of thioether (sulfide) groups is 2. The SMILES string of the molecule is COc1c(F)cc(C(=O)O)cc1C1SCCS1. The molecule has 1 N–H and O–H groups in total. The third-order valence-electron chi connectivity index (χ3n) is 2.40. The van der Waals surface area contributed by atoms with Gasteiger partial charge < -0.3 is 9.84 Å². The Hall–Kier alpha value is -0.880. The lowest BCUT2D eigenvalue weighted by molar-refractivity contribution is 0.0696. The molecule has 3 nitrogen and oxygen atoms in total. The minimum atomic E-state index is -1.12. The van der Waals surface area contributed by atoms with Gasteiger partial charge in [0.2, 0.25) is 0 Å². The molecule has 1 saturated heterocycles. The van der Waals surface area contributed by atoms with Gasteiger partial charge in [-0.15, -0.1) is 23.5 Å². The van der Waals surface area contributed by atoms with Gasteiger partial charge in [-0.2, -0.15) is 0 Å². The van der Waals surface area contributed by atoms with Gasteiger partial charge >= 0.3 is 5.97 Å². The van der Waals surface area contributed by atoms with Crippen LogP contribution >= 0.6 is 23.5 Å². The maximum atomic E-state index is 13.7. The summed E-state index contributed by atoms with van der Waals surface area (Å²) in [6.45, 7) is 0. The standard InChI is InChI=1S/C11H11FO3S2/c1-15-9-7(11-16-2-3-17-11)4-6(10(13)14)5-8(9)12/h4-5,11H,2-3H2,1H3,(H,13,14). The van der Waals surface area contributed by atoms with Crippen LogP contribution in [0.5, 0.6) is 5.75 Å². The number of carboxylic acid groups (broad SMARTS) is 1. The van der Waals surface area contributed by atoms with Crippen LogP contribution in [0.15, 0.2) is 12.1 Å². The fraction of sp³-hybridized carbons (Fsp3) is 0.364. The molecule has 17 heavy (non-hydrogen) atoms. The van der Waals surface area contributed by atoms with E-state index in [0.717, 1.165) is 17.6 Å². The van der Waals surface area contributed by atoms with Crippen LogP contribution in [0.1, 0.15) is 20.5 Å². The van der Waals surface area contributed by atoms with Gasteiger partial charge in [0, 0.05) is 17.1 Å². The van der Waals surface area contributed by atoms with Gasteiger partial charge in [0.25, 0.3) is 0 Å². The number of aromatic carboxylic acids is 1. The molecule has 0 aromatic heterocycles. The molecule has 1 aromatic carbocycles. The Morgan fingerprint density at radius 2 is 2.12 bits per heavy atom. The molecule has 0 aliphatic carbocycles. The highest BCUT2D eigenvalue weighted by atomic mass is 32.2. The highest BCUT2D eigenvalue weighted by molar-refractivity contribution is 8.19. The molecule has 1 aliphatic heterocycles. The molecule has 0 saturated carbocycles. The Labute approximate surface area is 107 Å². The molecule has 1 heterocycles. The van der Waals surface area contributed by atoms with Gasteiger partial charge in [0.1, 0.15) is 0 Å². The van der Waals surface area contributed by atoms with E-state index in [9.17, 15) is 9.18 Å². The third-order valence-corrected chi connectivity index (χ3v) is 5.47. The van der Waals surface area contributed by atoms with Crippen molar-refractivity contribution in [3.8, 4) is 5.75 Å². The topological polar surface area (TPSA) is 46.5 Å². The second kappa shape index (κ2) is 5.18. The monoisotopic (exact) mass is 274 g/mol. The van der Waals surface area contributed by atoms with Crippen LogP contribution in [-0.2, 0) is 0 Å². The second-order valence-electron chi connectivity index (χ2n) is 3.46. The third kappa shape index (κ3) is 2.52. The number of methoxy groups -OCH3 is 1. The van der Waals surface area contributed by atoms with Crippen LogP contribution < -0.4 is 4.74 Å². The predicted molar refractivity (Wildman–Crippen MR) is 67.6 cm³/mol. The summed E-state index contributed by atoms with van der Waals surface area (Å²) in [6, 6.07) is 2.50. The number of halogens is 1. The lowest BCUT2D eigenvalue weighted by Gasteiger charge is -2.14. The van der Waals surface area contributed by atoms with Crippen LogP contribution in [0.25, 0.3) is 0 Å². The lowest BCUT2D eigenvalue weighted by atomic mass is 10.1. The Kier molecular flexibility index (Phi) is 3.83. The van der Waals surface area contributed by atoms with E-state index in [4.69, 9.17) is 9.84 Å². The highest BCUT2D eigenvalue weighted by Crippen LogP contribution is 2.49. The molecule has 0 radical (unpaired) electrons. The largest absolute Gasteiger partial charge is 0.493 e. The summed E-state index contributed by atoms with van der Waals surface area (Å²) in [5, 5.41) is 8.92. The van der Waals surface area contributed by atoms with Gasteiger partial charge in [-0.05, 0) is 12.1 Å². The zero-order valence-corrected chi connectivity index (χ0v) is 10.7. The summed E-state index contributed by atoms with van der Waals surface area (Å²) >= 11 is 3.35. The Morgan fingerprint density at radius 3 is 2.65 bits per heavy atom. The minimum absolute atomic E-state index is 0.0357. The van der Waals surface area contributed by atoms with Gasteiger partial charge in [-0.3, -0.25) is 0 Å². The summed E-state index contributed by atoms with van der Waals surface area (Å²) in [6.07, 6.45) is 0. The van der Waals surface area contributed by atoms with Crippen molar-refractivity contribution in [1.29, 1.82) is 0 Å². The molecule has 2 rings (SSSR count). The van der Waals surface area contributed by atoms with Crippen molar-refractivity contribution in [2.75, 3.05) is 18.6 Å². The summed E-state index contributed by atoms with van der Waals surface area (Å²) in [7, 11) is 1.40. The van der Waals surface area contributed by atoms with Crippen molar-refractivity contribution in [3.05, 3.63) is 29.1 Å². The fourth-order valence-corrected chi connectivity index (χ4v) is 4.54. The maximum absolute atomic E-state index is 13.7. The van der Waals surface area contributed by atoms with E-state index in [1.807, 2.05) is 0 Å². The van der Waals surface area contributed by atoms with Gasteiger partial charge in [0.15, 0.2) is 11.6 Å². The summed E-state index contributed by atoms with van der Waals surface area (Å²) in [4.78, 5) is 10.9. The number of hydrogen-bond donors (Lipinski definition) is 1. The van der Waals surface area contributed by atoms with E-state index in [-0.39, 0.29) is 15.9 Å². The molecule has 0 bridgehead atoms. The lowest BCUT2D eigenvalue weighted by Crippen LogP contribution is -2.03. The molecular weight excluding hydrogens is 263 g/mol. The molecular formula is C11H11FO3S2. The zero-order valence-electron chi connectivity index (χ0n) is 9.10. The summed E-state index contributed by atoms with van der Waals surface area (Å²) in [5.41, 5.74) is 0.587. The van der Waals surface area contributed by atoms with Crippen LogP contribution in [0, 0.1) is 5.82 Å². The van der Waals surface area contributed by atoms with Gasteiger partial charge in [0.05, 0.1) is 17.3 Å². The average molecular weight is 274 g/mol. The summed E-state index contributed by atoms with van der Waals surface area (Å²) in [5.74, 6) is 0.382. The molecule has 92 valence electrons. The van der Waals surface area contributed by atoms with Crippen molar-refractivity contribution >= 4 is 29.5 Å². The highest BCUT2D eigenvalue weighted by Gasteiger charge is 2.25. The van der Waals surface area contributed by atoms with Crippen molar-refractivity contribution in [1.82, 2.24) is 0 Å². The number of ether oxygens (including phenoxy) is 1. The van der Waals surface area contributed by atoms with E-state index < -0.39 is 11.8 Å². The normalized spacial score (nSPS) is 16.1. The number of rotatable bonds is 3. The van der Waals surface area contributed by atoms with E-state index >= 15 is 0 Å². The number of carboxylic acids is 1. The van der Waals surface area contributed by atoms with Crippen LogP contribution in [-0.4, -0.2) is 29.7 Å². The molecule has 1 fully saturated rings. The Bertz CT molecular complexity index is 445. The van der Waals surface area contributed by atoms with Crippen molar-refractivity contribution in [2.45, 2.75) is 4.58 Å². The zero-order chi connectivity index (χ0) is 12.4. The molecule has 0 atom stereocenters. The quantitative estimate of drug-likeness (QED) is 0.918. The first-order valence-electron chi connectivity index (χ1n) is 4.97. The minimum Gasteiger partial charge on any atom is -0.493 e. The Balaban J connectivity index is 2.49. The van der Waals surface area contributed by atoms with E-state index in [1.165, 1.54) is 13.2 Å². The van der Waals surface area contributed by atoms with Gasteiger partial charge in [-0.1, -0.05) is 0 Å². The smallest absolute Gasteiger partial charge is 0.335 e. The molecule has 1 aromatic rings. The number of hydrogen-bond acceptors (Lipinski definition) is 4. The van der Waals surface area contributed by atoms with Crippen LogP contribution in [0.2, 0.25) is 0 Å². The predicted octanol–water partition coefficient (Wildman–Crippen LogP) is 3.01. The summed E-state index contributed by atoms with van der Waals surface area (Å²) < 4.78 is 18.8. The van der Waals surface area contributed by atoms with Gasteiger partial charge in [-0.25, -0.2) is 9.18 Å². The number of benzene rings is 1. The molecule has 6 heteroatoms. The Morgan fingerprint density at radius 1 is 1.47 bits per heavy atom. The average Bonchev–Trinajstić information content (AvgIpc) is 2.81. The molecule has 0 unspecified atom stereocenters. The first-order valence-corrected chi connectivity index (χ1v) is 7.07. The number of carbonyl (C=O) groups is 1. The van der Waals surface area contributed by atoms with Crippen molar-refractivity contribution < 1.29 is 19.0 Å². The first kappa shape index (κ1) is 12.6. The van der Waals surface area contributed by atoms with Crippen molar-refractivity contribution in [2.24, 2.45) is 0 Å². The van der Waals surface area contributed by atoms with Crippen LogP contribution in [0.3, 0.4) is 0 Å². The maximum Gasteiger partial charge on any atom is 0.335 e. The molecule has 0 amide bonds. The fourth-order valence-electron chi connectivity index (χ4n) is 1.67. The van der Waals surface area contributed by atoms with Crippen molar-refractivity contribution in [3.63, 3.8) is 0 Å². The van der Waals surface area contributed by atoms with Crippen LogP contribution in [0.4, 0.5) is 4.39 Å². The second-order valence-corrected chi connectivity index (χ2v) is 6.18. The van der Waals surface area contributed by atoms with E-state index in [2.05, 4.69) is 0 Å². The molecule has 0 spiro atoms. The molecule has 1 aliphatic rings. The van der Waals surface area contributed by atoms with E-state index in [1.54, 1.807) is 23.5 Å². The first-order chi connectivity index (χ1) is 8.13.